The molecular formula is C26H26N4O3. The van der Waals surface area contributed by atoms with Crippen LogP contribution in [0.25, 0.3) is 10.8 Å². The molecule has 0 radical (unpaired) electrons. The summed E-state index contributed by atoms with van der Waals surface area (Å²) in [4.78, 5) is 19.0. The number of pyridine rings is 1. The minimum Gasteiger partial charge on any atom is -0.485 e. The van der Waals surface area contributed by atoms with E-state index in [0.717, 1.165) is 42.6 Å². The second-order valence-electron chi connectivity index (χ2n) is 8.27. The summed E-state index contributed by atoms with van der Waals surface area (Å²) >= 11 is 0. The molecule has 0 aliphatic carbocycles. The smallest absolute Gasteiger partial charge is 0.273 e. The number of amides is 1. The monoisotopic (exact) mass is 442 g/mol. The fourth-order valence-electron chi connectivity index (χ4n) is 4.31. The van der Waals surface area contributed by atoms with E-state index in [9.17, 15) is 4.79 Å². The van der Waals surface area contributed by atoms with Gasteiger partial charge in [0.1, 0.15) is 12.4 Å². The maximum absolute atomic E-state index is 12.5. The van der Waals surface area contributed by atoms with Crippen molar-refractivity contribution in [3.8, 4) is 5.75 Å². The van der Waals surface area contributed by atoms with Crippen molar-refractivity contribution in [2.24, 2.45) is 0 Å². The predicted molar refractivity (Wildman–Crippen MR) is 125 cm³/mol. The Labute approximate surface area is 192 Å². The van der Waals surface area contributed by atoms with E-state index in [-0.39, 0.29) is 18.2 Å². The van der Waals surface area contributed by atoms with Crippen LogP contribution in [0.2, 0.25) is 0 Å². The first-order valence-electron chi connectivity index (χ1n) is 11.2. The first-order chi connectivity index (χ1) is 16.3. The zero-order valence-electron chi connectivity index (χ0n) is 18.3. The number of fused-ring (bicyclic) bond motifs is 1. The van der Waals surface area contributed by atoms with Crippen molar-refractivity contribution in [2.45, 2.75) is 18.9 Å². The Morgan fingerprint density at radius 1 is 1.15 bits per heavy atom. The van der Waals surface area contributed by atoms with Gasteiger partial charge >= 0.3 is 0 Å². The molecule has 1 fully saturated rings. The van der Waals surface area contributed by atoms with Gasteiger partial charge in [-0.15, -0.1) is 0 Å². The molecule has 5 rings (SSSR count). The maximum atomic E-state index is 12.5. The van der Waals surface area contributed by atoms with Crippen LogP contribution >= 0.6 is 0 Å². The SMILES string of the molecule is O=C(NCCN1CC[C@H](c2ccccc2)C1)c1cc(COc2cccc3cnccc23)on1. The van der Waals surface area contributed by atoms with E-state index in [1.807, 2.05) is 24.3 Å². The predicted octanol–water partition coefficient (Wildman–Crippen LogP) is 4.02. The summed E-state index contributed by atoms with van der Waals surface area (Å²) in [6.07, 6.45) is 4.68. The number of hydrogen-bond donors (Lipinski definition) is 1. The van der Waals surface area contributed by atoms with E-state index < -0.39 is 0 Å². The molecule has 1 aliphatic rings. The van der Waals surface area contributed by atoms with E-state index in [1.165, 1.54) is 5.56 Å². The highest BCUT2D eigenvalue weighted by molar-refractivity contribution is 5.92. The third kappa shape index (κ3) is 5.04. The van der Waals surface area contributed by atoms with E-state index in [2.05, 4.69) is 50.7 Å². The van der Waals surface area contributed by atoms with Gasteiger partial charge < -0.3 is 19.5 Å². The van der Waals surface area contributed by atoms with Crippen LogP contribution in [-0.4, -0.2) is 47.1 Å². The fourth-order valence-corrected chi connectivity index (χ4v) is 4.31. The van der Waals surface area contributed by atoms with Crippen LogP contribution < -0.4 is 10.1 Å². The quantitative estimate of drug-likeness (QED) is 0.444. The van der Waals surface area contributed by atoms with Gasteiger partial charge in [-0.1, -0.05) is 47.6 Å². The molecule has 1 aliphatic heterocycles. The van der Waals surface area contributed by atoms with Crippen LogP contribution in [0.5, 0.6) is 5.75 Å². The maximum Gasteiger partial charge on any atom is 0.273 e. The van der Waals surface area contributed by atoms with Crippen LogP contribution in [0.4, 0.5) is 0 Å². The van der Waals surface area contributed by atoms with Gasteiger partial charge in [0.05, 0.1) is 0 Å². The molecule has 4 aromatic rings. The molecular weight excluding hydrogens is 416 g/mol. The molecule has 33 heavy (non-hydrogen) atoms. The molecule has 2 aromatic carbocycles. The summed E-state index contributed by atoms with van der Waals surface area (Å²) in [7, 11) is 0. The lowest BCUT2D eigenvalue weighted by Gasteiger charge is -2.16. The summed E-state index contributed by atoms with van der Waals surface area (Å²) in [5.74, 6) is 1.56. The zero-order chi connectivity index (χ0) is 22.5. The molecule has 0 bridgehead atoms. The Bertz CT molecular complexity index is 1220. The molecule has 0 saturated carbocycles. The minimum absolute atomic E-state index is 0.191. The van der Waals surface area contributed by atoms with Crippen molar-refractivity contribution in [3.05, 3.63) is 90.1 Å². The molecule has 3 heterocycles. The average molecular weight is 443 g/mol. The Morgan fingerprint density at radius 2 is 2.06 bits per heavy atom. The fraction of sp³-hybridized carbons (Fsp3) is 0.269. The first kappa shape index (κ1) is 21.2. The molecule has 2 aromatic heterocycles. The van der Waals surface area contributed by atoms with E-state index in [0.29, 0.717) is 18.2 Å². The number of carbonyl (C=O) groups is 1. The summed E-state index contributed by atoms with van der Waals surface area (Å²) < 4.78 is 11.2. The van der Waals surface area contributed by atoms with Crippen LogP contribution in [0.3, 0.4) is 0 Å². The Balaban J connectivity index is 1.09. The van der Waals surface area contributed by atoms with Gasteiger partial charge in [-0.2, -0.15) is 0 Å². The number of carbonyl (C=O) groups excluding carboxylic acids is 1. The van der Waals surface area contributed by atoms with Gasteiger partial charge in [-0.05, 0) is 36.6 Å². The van der Waals surface area contributed by atoms with Gasteiger partial charge in [0.2, 0.25) is 0 Å². The van der Waals surface area contributed by atoms with Gasteiger partial charge in [-0.3, -0.25) is 9.78 Å². The largest absolute Gasteiger partial charge is 0.485 e. The van der Waals surface area contributed by atoms with Crippen molar-refractivity contribution in [3.63, 3.8) is 0 Å². The number of nitrogens with one attached hydrogen (secondary N) is 1. The van der Waals surface area contributed by atoms with Gasteiger partial charge in [-0.25, -0.2) is 0 Å². The molecule has 0 spiro atoms. The number of hydrogen-bond acceptors (Lipinski definition) is 6. The van der Waals surface area contributed by atoms with Crippen LogP contribution in [0.15, 0.2) is 77.6 Å². The third-order valence-corrected chi connectivity index (χ3v) is 6.06. The van der Waals surface area contributed by atoms with E-state index in [1.54, 1.807) is 18.5 Å². The van der Waals surface area contributed by atoms with Crippen LogP contribution in [0.1, 0.15) is 34.2 Å². The summed E-state index contributed by atoms with van der Waals surface area (Å²) in [5.41, 5.74) is 1.65. The number of ether oxygens (including phenoxy) is 1. The zero-order valence-corrected chi connectivity index (χ0v) is 18.3. The van der Waals surface area contributed by atoms with Crippen LogP contribution in [0, 0.1) is 0 Å². The molecule has 0 unspecified atom stereocenters. The van der Waals surface area contributed by atoms with Gasteiger partial charge in [0.25, 0.3) is 5.91 Å². The third-order valence-electron chi connectivity index (χ3n) is 6.06. The number of nitrogens with zero attached hydrogens (tertiary/aromatic N) is 3. The lowest BCUT2D eigenvalue weighted by Crippen LogP contribution is -2.33. The highest BCUT2D eigenvalue weighted by Crippen LogP contribution is 2.27. The lowest BCUT2D eigenvalue weighted by atomic mass is 9.99. The summed E-state index contributed by atoms with van der Waals surface area (Å²) in [6, 6.07) is 20.0. The van der Waals surface area contributed by atoms with Gasteiger partial charge in [0, 0.05) is 48.9 Å². The topological polar surface area (TPSA) is 80.5 Å². The Hall–Kier alpha value is -3.71. The number of rotatable bonds is 8. The average Bonchev–Trinajstić information content (AvgIpc) is 3.53. The lowest BCUT2D eigenvalue weighted by molar-refractivity contribution is 0.0940. The van der Waals surface area contributed by atoms with Gasteiger partial charge in [0.15, 0.2) is 11.5 Å². The molecule has 1 atom stereocenters. The molecule has 168 valence electrons. The standard InChI is InChI=1S/C26H26N4O3/c31-26(28-12-14-30-13-10-21(17-30)19-5-2-1-3-6-19)24-15-22(33-29-24)18-32-25-8-4-7-20-16-27-11-9-23(20)25/h1-9,11,15-16,21H,10,12-14,17-18H2,(H,28,31)/t21-/m0/s1. The Kier molecular flexibility index (Phi) is 6.30. The number of likely N-dealkylation sites (tertiary alicyclic amines) is 1. The van der Waals surface area contributed by atoms with Crippen molar-refractivity contribution in [1.82, 2.24) is 20.4 Å². The molecule has 7 heteroatoms. The molecule has 1 saturated heterocycles. The molecule has 1 amide bonds. The van der Waals surface area contributed by atoms with Crippen molar-refractivity contribution < 1.29 is 14.1 Å². The van der Waals surface area contributed by atoms with Crippen molar-refractivity contribution in [1.29, 1.82) is 0 Å². The summed E-state index contributed by atoms with van der Waals surface area (Å²) in [5, 5.41) is 8.82. The first-order valence-corrected chi connectivity index (χ1v) is 11.2. The van der Waals surface area contributed by atoms with Crippen LogP contribution in [-0.2, 0) is 6.61 Å². The highest BCUT2D eigenvalue weighted by Gasteiger charge is 2.23. The second kappa shape index (κ2) is 9.83. The Morgan fingerprint density at radius 3 is 2.97 bits per heavy atom. The summed E-state index contributed by atoms with van der Waals surface area (Å²) in [6.45, 7) is 3.65. The number of aromatic nitrogens is 2. The van der Waals surface area contributed by atoms with Crippen molar-refractivity contribution in [2.75, 3.05) is 26.2 Å². The van der Waals surface area contributed by atoms with E-state index >= 15 is 0 Å². The highest BCUT2D eigenvalue weighted by atomic mass is 16.5. The normalized spacial score (nSPS) is 16.2. The second-order valence-corrected chi connectivity index (χ2v) is 8.27. The number of benzene rings is 2. The minimum atomic E-state index is -0.236. The van der Waals surface area contributed by atoms with E-state index in [4.69, 9.17) is 9.26 Å². The molecule has 1 N–H and O–H groups in total. The van der Waals surface area contributed by atoms with Crippen molar-refractivity contribution >= 4 is 16.7 Å². The molecule has 7 nitrogen and oxygen atoms in total.